The van der Waals surface area contributed by atoms with Crippen molar-refractivity contribution in [1.29, 1.82) is 5.26 Å². The Labute approximate surface area is 158 Å². The van der Waals surface area contributed by atoms with Gasteiger partial charge in [-0.15, -0.1) is 0 Å². The van der Waals surface area contributed by atoms with E-state index in [9.17, 15) is 14.9 Å². The highest BCUT2D eigenvalue weighted by molar-refractivity contribution is 6.00. The van der Waals surface area contributed by atoms with Crippen molar-refractivity contribution in [3.8, 4) is 11.8 Å². The van der Waals surface area contributed by atoms with E-state index in [4.69, 9.17) is 9.47 Å². The van der Waals surface area contributed by atoms with Gasteiger partial charge < -0.3 is 14.8 Å². The molecule has 27 heavy (non-hydrogen) atoms. The van der Waals surface area contributed by atoms with Crippen molar-refractivity contribution in [2.45, 2.75) is 13.8 Å². The van der Waals surface area contributed by atoms with Gasteiger partial charge in [-0.05, 0) is 55.3 Å². The number of carbonyl (C=O) groups excluding carboxylic acids is 2. The van der Waals surface area contributed by atoms with E-state index in [0.29, 0.717) is 23.6 Å². The van der Waals surface area contributed by atoms with Gasteiger partial charge in [0, 0.05) is 5.69 Å². The van der Waals surface area contributed by atoms with Crippen LogP contribution in [0.4, 0.5) is 5.69 Å². The molecule has 0 saturated heterocycles. The second kappa shape index (κ2) is 9.78. The Bertz CT molecular complexity index is 880. The minimum absolute atomic E-state index is 0.192. The Morgan fingerprint density at radius 3 is 2.56 bits per heavy atom. The lowest BCUT2D eigenvalue weighted by molar-refractivity contribution is -0.142. The number of rotatable bonds is 7. The van der Waals surface area contributed by atoms with Crippen LogP contribution in [0.25, 0.3) is 6.08 Å². The van der Waals surface area contributed by atoms with Gasteiger partial charge in [0.1, 0.15) is 17.4 Å². The Morgan fingerprint density at radius 1 is 1.19 bits per heavy atom. The predicted octanol–water partition coefficient (Wildman–Crippen LogP) is 3.48. The van der Waals surface area contributed by atoms with Crippen molar-refractivity contribution in [3.63, 3.8) is 0 Å². The number of amides is 1. The highest BCUT2D eigenvalue weighted by Gasteiger charge is 2.13. The van der Waals surface area contributed by atoms with Gasteiger partial charge >= 0.3 is 5.97 Å². The Hall–Kier alpha value is -3.59. The van der Waals surface area contributed by atoms with E-state index < -0.39 is 18.5 Å². The molecule has 0 aliphatic carbocycles. The second-order valence-corrected chi connectivity index (χ2v) is 5.67. The second-order valence-electron chi connectivity index (χ2n) is 5.67. The van der Waals surface area contributed by atoms with Crippen molar-refractivity contribution >= 4 is 23.6 Å². The Balaban J connectivity index is 1.94. The smallest absolute Gasteiger partial charge is 0.349 e. The summed E-state index contributed by atoms with van der Waals surface area (Å²) in [4.78, 5) is 23.9. The normalized spacial score (nSPS) is 10.6. The van der Waals surface area contributed by atoms with Crippen LogP contribution in [0.1, 0.15) is 18.1 Å². The molecule has 138 valence electrons. The van der Waals surface area contributed by atoms with Gasteiger partial charge in [0.2, 0.25) is 0 Å². The standard InChI is InChI=1S/C21H20N2O4/c1-3-26-19-9-7-16(8-10-19)12-17(13-22)21(25)27-14-20(24)23-18-6-4-5-15(2)11-18/h4-12H,3,14H2,1-2H3,(H,23,24)/b17-12+. The molecule has 0 radical (unpaired) electrons. The fraction of sp³-hybridized carbons (Fsp3) is 0.190. The first-order chi connectivity index (χ1) is 13.0. The van der Waals surface area contributed by atoms with Crippen LogP contribution in [-0.4, -0.2) is 25.1 Å². The molecule has 0 aliphatic rings. The lowest BCUT2D eigenvalue weighted by Gasteiger charge is -2.07. The Kier molecular flexibility index (Phi) is 7.15. The van der Waals surface area contributed by atoms with Gasteiger partial charge in [-0.3, -0.25) is 4.79 Å². The lowest BCUT2D eigenvalue weighted by Crippen LogP contribution is -2.21. The predicted molar refractivity (Wildman–Crippen MR) is 102 cm³/mol. The molecule has 0 bridgehead atoms. The number of nitrogens with zero attached hydrogens (tertiary/aromatic N) is 1. The van der Waals surface area contributed by atoms with Crippen LogP contribution in [0, 0.1) is 18.3 Å². The number of benzene rings is 2. The molecule has 6 heteroatoms. The molecule has 2 aromatic carbocycles. The van der Waals surface area contributed by atoms with Crippen LogP contribution in [0.3, 0.4) is 0 Å². The average Bonchev–Trinajstić information content (AvgIpc) is 2.66. The number of hydrogen-bond acceptors (Lipinski definition) is 5. The molecule has 6 nitrogen and oxygen atoms in total. The summed E-state index contributed by atoms with van der Waals surface area (Å²) in [5.74, 6) is -0.637. The highest BCUT2D eigenvalue weighted by atomic mass is 16.5. The summed E-state index contributed by atoms with van der Waals surface area (Å²) in [5, 5.41) is 11.8. The van der Waals surface area contributed by atoms with Crippen molar-refractivity contribution in [2.75, 3.05) is 18.5 Å². The molecular formula is C21H20N2O4. The lowest BCUT2D eigenvalue weighted by atomic mass is 10.1. The van der Waals surface area contributed by atoms with Crippen LogP contribution in [0.5, 0.6) is 5.75 Å². The number of carbonyl (C=O) groups is 2. The molecule has 0 aromatic heterocycles. The zero-order valence-electron chi connectivity index (χ0n) is 15.2. The van der Waals surface area contributed by atoms with Gasteiger partial charge in [-0.25, -0.2) is 4.79 Å². The fourth-order valence-corrected chi connectivity index (χ4v) is 2.26. The van der Waals surface area contributed by atoms with Gasteiger partial charge in [0.25, 0.3) is 5.91 Å². The van der Waals surface area contributed by atoms with Crippen molar-refractivity contribution in [2.24, 2.45) is 0 Å². The molecule has 0 aliphatic heterocycles. The van der Waals surface area contributed by atoms with Crippen LogP contribution >= 0.6 is 0 Å². The third-order valence-corrected chi connectivity index (χ3v) is 3.48. The van der Waals surface area contributed by atoms with Crippen molar-refractivity contribution in [3.05, 3.63) is 65.2 Å². The minimum Gasteiger partial charge on any atom is -0.494 e. The summed E-state index contributed by atoms with van der Waals surface area (Å²) in [6, 6.07) is 16.0. The van der Waals surface area contributed by atoms with E-state index in [2.05, 4.69) is 5.32 Å². The van der Waals surface area contributed by atoms with Crippen LogP contribution in [0.15, 0.2) is 54.1 Å². The fourth-order valence-electron chi connectivity index (χ4n) is 2.26. The zero-order chi connectivity index (χ0) is 19.6. The molecule has 1 amide bonds. The third kappa shape index (κ3) is 6.33. The van der Waals surface area contributed by atoms with Crippen molar-refractivity contribution in [1.82, 2.24) is 0 Å². The van der Waals surface area contributed by atoms with E-state index in [0.717, 1.165) is 5.56 Å². The van der Waals surface area contributed by atoms with Gasteiger partial charge in [0.15, 0.2) is 6.61 Å². The summed E-state index contributed by atoms with van der Waals surface area (Å²) in [6.45, 7) is 3.86. The molecule has 0 heterocycles. The minimum atomic E-state index is -0.856. The van der Waals surface area contributed by atoms with E-state index in [1.165, 1.54) is 6.08 Å². The maximum atomic E-state index is 12.0. The maximum absolute atomic E-state index is 12.0. The first-order valence-corrected chi connectivity index (χ1v) is 8.40. The summed E-state index contributed by atoms with van der Waals surface area (Å²) in [7, 11) is 0. The number of nitriles is 1. The van der Waals surface area contributed by atoms with E-state index in [1.807, 2.05) is 26.0 Å². The van der Waals surface area contributed by atoms with Gasteiger partial charge in [0.05, 0.1) is 6.61 Å². The molecule has 0 spiro atoms. The molecule has 2 rings (SSSR count). The van der Waals surface area contributed by atoms with E-state index in [-0.39, 0.29) is 5.57 Å². The van der Waals surface area contributed by atoms with Gasteiger partial charge in [-0.2, -0.15) is 5.26 Å². The molecule has 0 fully saturated rings. The monoisotopic (exact) mass is 364 g/mol. The van der Waals surface area contributed by atoms with Crippen LogP contribution < -0.4 is 10.1 Å². The van der Waals surface area contributed by atoms with Crippen LogP contribution in [0.2, 0.25) is 0 Å². The first kappa shape index (κ1) is 19.7. The third-order valence-electron chi connectivity index (χ3n) is 3.48. The largest absolute Gasteiger partial charge is 0.494 e. The maximum Gasteiger partial charge on any atom is 0.349 e. The molecule has 0 unspecified atom stereocenters. The number of nitrogens with one attached hydrogen (secondary N) is 1. The highest BCUT2D eigenvalue weighted by Crippen LogP contribution is 2.15. The molecular weight excluding hydrogens is 344 g/mol. The van der Waals surface area contributed by atoms with Gasteiger partial charge in [-0.1, -0.05) is 24.3 Å². The average molecular weight is 364 g/mol. The summed E-state index contributed by atoms with van der Waals surface area (Å²) >= 11 is 0. The summed E-state index contributed by atoms with van der Waals surface area (Å²) < 4.78 is 10.3. The Morgan fingerprint density at radius 2 is 1.93 bits per heavy atom. The zero-order valence-corrected chi connectivity index (χ0v) is 15.2. The topological polar surface area (TPSA) is 88.4 Å². The molecule has 0 atom stereocenters. The van der Waals surface area contributed by atoms with Crippen molar-refractivity contribution < 1.29 is 19.1 Å². The summed E-state index contributed by atoms with van der Waals surface area (Å²) in [6.07, 6.45) is 1.40. The molecule has 0 saturated carbocycles. The quantitative estimate of drug-likeness (QED) is 0.462. The number of anilines is 1. The summed E-state index contributed by atoms with van der Waals surface area (Å²) in [5.41, 5.74) is 2.06. The number of aryl methyl sites for hydroxylation is 1. The van der Waals surface area contributed by atoms with E-state index in [1.54, 1.807) is 42.5 Å². The number of ether oxygens (including phenoxy) is 2. The SMILES string of the molecule is CCOc1ccc(/C=C(\C#N)C(=O)OCC(=O)Nc2cccc(C)c2)cc1. The first-order valence-electron chi connectivity index (χ1n) is 8.40. The number of esters is 1. The molecule has 2 aromatic rings. The van der Waals surface area contributed by atoms with E-state index >= 15 is 0 Å². The van der Waals surface area contributed by atoms with Crippen LogP contribution in [-0.2, 0) is 14.3 Å². The molecule has 1 N–H and O–H groups in total. The number of hydrogen-bond donors (Lipinski definition) is 1.